The fourth-order valence-corrected chi connectivity index (χ4v) is 2.87. The predicted molar refractivity (Wildman–Crippen MR) is 93.4 cm³/mol. The van der Waals surface area contributed by atoms with Gasteiger partial charge in [-0.1, -0.05) is 35.3 Å². The third-order valence-electron chi connectivity index (χ3n) is 3.82. The molecule has 3 nitrogen and oxygen atoms in total. The van der Waals surface area contributed by atoms with E-state index in [4.69, 9.17) is 28.9 Å². The van der Waals surface area contributed by atoms with Crippen molar-refractivity contribution in [3.05, 3.63) is 63.8 Å². The van der Waals surface area contributed by atoms with Crippen LogP contribution in [0.1, 0.15) is 11.3 Å². The standard InChI is InChI=1S/C17H9Cl2F6N3/c18-11-5-4-8(6-12(11)19)13-14(17(23,24)25)27-28(15(13)26)10-3-1-2-9(7-10)16(20,21)22/h1-7H,26H2. The molecule has 0 aliphatic carbocycles. The SMILES string of the molecule is Nc1c(-c2ccc(Cl)c(Cl)c2)c(C(F)(F)F)nn1-c1cccc(C(F)(F)F)c1. The molecule has 0 saturated carbocycles. The smallest absolute Gasteiger partial charge is 0.383 e. The Labute approximate surface area is 164 Å². The highest BCUT2D eigenvalue weighted by Gasteiger charge is 2.40. The largest absolute Gasteiger partial charge is 0.435 e. The zero-order valence-corrected chi connectivity index (χ0v) is 15.0. The molecular weight excluding hydrogens is 431 g/mol. The Morgan fingerprint density at radius 2 is 1.54 bits per heavy atom. The quantitative estimate of drug-likeness (QED) is 0.465. The number of nitrogen functional groups attached to an aromatic ring is 1. The Kier molecular flexibility index (Phi) is 5.01. The molecule has 0 aliphatic heterocycles. The van der Waals surface area contributed by atoms with Crippen LogP contribution in [0.5, 0.6) is 0 Å². The van der Waals surface area contributed by atoms with E-state index in [9.17, 15) is 26.3 Å². The molecule has 2 aromatic carbocycles. The lowest BCUT2D eigenvalue weighted by atomic mass is 10.1. The highest BCUT2D eigenvalue weighted by atomic mass is 35.5. The number of hydrogen-bond donors (Lipinski definition) is 1. The molecule has 28 heavy (non-hydrogen) atoms. The van der Waals surface area contributed by atoms with Gasteiger partial charge in [-0.3, -0.25) is 0 Å². The van der Waals surface area contributed by atoms with E-state index >= 15 is 0 Å². The summed E-state index contributed by atoms with van der Waals surface area (Å²) in [5.41, 5.74) is 2.63. The Morgan fingerprint density at radius 1 is 0.857 bits per heavy atom. The maximum Gasteiger partial charge on any atom is 0.435 e. The van der Waals surface area contributed by atoms with Crippen LogP contribution in [-0.4, -0.2) is 9.78 Å². The average molecular weight is 440 g/mol. The van der Waals surface area contributed by atoms with Crippen molar-refractivity contribution in [1.82, 2.24) is 9.78 Å². The normalized spacial score (nSPS) is 12.4. The maximum absolute atomic E-state index is 13.5. The second-order valence-corrected chi connectivity index (χ2v) is 6.51. The molecule has 0 bridgehead atoms. The molecule has 0 atom stereocenters. The minimum absolute atomic E-state index is 0.0153. The molecule has 0 unspecified atom stereocenters. The lowest BCUT2D eigenvalue weighted by molar-refractivity contribution is -0.141. The number of benzene rings is 2. The molecule has 3 aromatic rings. The van der Waals surface area contributed by atoms with E-state index in [0.717, 1.165) is 18.2 Å². The number of nitrogens with two attached hydrogens (primary N) is 1. The van der Waals surface area contributed by atoms with Crippen LogP contribution in [0.4, 0.5) is 32.2 Å². The van der Waals surface area contributed by atoms with E-state index in [1.807, 2.05) is 0 Å². The second-order valence-electron chi connectivity index (χ2n) is 5.70. The van der Waals surface area contributed by atoms with E-state index in [-0.39, 0.29) is 21.3 Å². The first-order chi connectivity index (χ1) is 12.9. The van der Waals surface area contributed by atoms with Gasteiger partial charge < -0.3 is 5.73 Å². The summed E-state index contributed by atoms with van der Waals surface area (Å²) in [7, 11) is 0. The first kappa shape index (κ1) is 20.3. The van der Waals surface area contributed by atoms with Gasteiger partial charge in [0.2, 0.25) is 0 Å². The second kappa shape index (κ2) is 6.89. The third kappa shape index (κ3) is 3.77. The van der Waals surface area contributed by atoms with Crippen molar-refractivity contribution in [2.24, 2.45) is 0 Å². The van der Waals surface area contributed by atoms with E-state index in [0.29, 0.717) is 10.7 Å². The number of nitrogens with zero attached hydrogens (tertiary/aromatic N) is 2. The molecule has 0 aliphatic rings. The zero-order valence-electron chi connectivity index (χ0n) is 13.5. The topological polar surface area (TPSA) is 43.8 Å². The number of anilines is 1. The fraction of sp³-hybridized carbons (Fsp3) is 0.118. The summed E-state index contributed by atoms with van der Waals surface area (Å²) in [6.07, 6.45) is -9.60. The molecule has 0 radical (unpaired) electrons. The van der Waals surface area contributed by atoms with E-state index in [2.05, 4.69) is 5.10 Å². The van der Waals surface area contributed by atoms with Crippen molar-refractivity contribution in [2.45, 2.75) is 12.4 Å². The van der Waals surface area contributed by atoms with Crippen molar-refractivity contribution in [3.8, 4) is 16.8 Å². The van der Waals surface area contributed by atoms with Crippen LogP contribution in [0, 0.1) is 0 Å². The number of rotatable bonds is 2. The predicted octanol–water partition coefficient (Wildman–Crippen LogP) is 6.47. The van der Waals surface area contributed by atoms with Gasteiger partial charge in [-0.05, 0) is 35.9 Å². The lowest BCUT2D eigenvalue weighted by Crippen LogP contribution is -2.09. The maximum atomic E-state index is 13.5. The van der Waals surface area contributed by atoms with E-state index in [1.54, 1.807) is 0 Å². The molecule has 1 aromatic heterocycles. The molecule has 148 valence electrons. The number of hydrogen-bond acceptors (Lipinski definition) is 2. The summed E-state index contributed by atoms with van der Waals surface area (Å²) in [4.78, 5) is 0. The summed E-state index contributed by atoms with van der Waals surface area (Å²) in [6, 6.07) is 7.36. The fourth-order valence-electron chi connectivity index (χ4n) is 2.58. The number of alkyl halides is 6. The molecule has 0 spiro atoms. The third-order valence-corrected chi connectivity index (χ3v) is 4.55. The van der Waals surface area contributed by atoms with Gasteiger partial charge in [0.05, 0.1) is 26.9 Å². The van der Waals surface area contributed by atoms with Crippen LogP contribution in [0.2, 0.25) is 10.0 Å². The van der Waals surface area contributed by atoms with Gasteiger partial charge in [-0.2, -0.15) is 31.4 Å². The summed E-state index contributed by atoms with van der Waals surface area (Å²) in [6.45, 7) is 0. The minimum atomic E-state index is -4.91. The minimum Gasteiger partial charge on any atom is -0.383 e. The van der Waals surface area contributed by atoms with Crippen LogP contribution >= 0.6 is 23.2 Å². The number of aromatic nitrogens is 2. The summed E-state index contributed by atoms with van der Waals surface area (Å²) in [5, 5.41) is 3.52. The Bertz CT molecular complexity index is 1040. The molecule has 1 heterocycles. The zero-order chi connectivity index (χ0) is 20.9. The molecule has 11 heteroatoms. The summed E-state index contributed by atoms with van der Waals surface area (Å²) >= 11 is 11.7. The van der Waals surface area contributed by atoms with Crippen molar-refractivity contribution in [3.63, 3.8) is 0 Å². The highest BCUT2D eigenvalue weighted by molar-refractivity contribution is 6.42. The Balaban J connectivity index is 2.26. The van der Waals surface area contributed by atoms with Crippen LogP contribution in [0.15, 0.2) is 42.5 Å². The van der Waals surface area contributed by atoms with Crippen molar-refractivity contribution >= 4 is 29.0 Å². The van der Waals surface area contributed by atoms with Crippen LogP contribution in [0.25, 0.3) is 16.8 Å². The number of halogens is 8. The van der Waals surface area contributed by atoms with Gasteiger partial charge in [0.25, 0.3) is 0 Å². The van der Waals surface area contributed by atoms with Crippen LogP contribution in [0.3, 0.4) is 0 Å². The molecule has 2 N–H and O–H groups in total. The van der Waals surface area contributed by atoms with Crippen molar-refractivity contribution in [1.29, 1.82) is 0 Å². The van der Waals surface area contributed by atoms with Gasteiger partial charge in [0.15, 0.2) is 5.69 Å². The van der Waals surface area contributed by atoms with Gasteiger partial charge in [-0.15, -0.1) is 0 Å². The Hall–Kier alpha value is -2.39. The van der Waals surface area contributed by atoms with Gasteiger partial charge in [0, 0.05) is 0 Å². The van der Waals surface area contributed by atoms with E-state index < -0.39 is 35.0 Å². The van der Waals surface area contributed by atoms with Gasteiger partial charge >= 0.3 is 12.4 Å². The van der Waals surface area contributed by atoms with Crippen LogP contribution < -0.4 is 5.73 Å². The first-order valence-corrected chi connectivity index (χ1v) is 8.24. The van der Waals surface area contributed by atoms with Crippen molar-refractivity contribution in [2.75, 3.05) is 5.73 Å². The monoisotopic (exact) mass is 439 g/mol. The lowest BCUT2D eigenvalue weighted by Gasteiger charge is -2.10. The summed E-state index contributed by atoms with van der Waals surface area (Å²) < 4.78 is 80.0. The molecule has 0 amide bonds. The molecular formula is C17H9Cl2F6N3. The molecule has 3 rings (SSSR count). The molecule has 0 saturated heterocycles. The van der Waals surface area contributed by atoms with Crippen LogP contribution in [-0.2, 0) is 12.4 Å². The van der Waals surface area contributed by atoms with E-state index in [1.165, 1.54) is 18.2 Å². The Morgan fingerprint density at radius 3 is 2.11 bits per heavy atom. The summed E-state index contributed by atoms with van der Waals surface area (Å²) in [5.74, 6) is -0.495. The van der Waals surface area contributed by atoms with Crippen molar-refractivity contribution < 1.29 is 26.3 Å². The van der Waals surface area contributed by atoms with Gasteiger partial charge in [-0.25, -0.2) is 4.68 Å². The first-order valence-electron chi connectivity index (χ1n) is 7.48. The molecule has 0 fully saturated rings. The van der Waals surface area contributed by atoms with Gasteiger partial charge in [0.1, 0.15) is 5.82 Å². The average Bonchev–Trinajstić information content (AvgIpc) is 2.94. The highest BCUT2D eigenvalue weighted by Crippen LogP contribution is 2.42.